The van der Waals surface area contributed by atoms with Crippen LogP contribution in [0.1, 0.15) is 72.1 Å². The number of carbonyl (C=O) groups is 1. The lowest BCUT2D eigenvalue weighted by atomic mass is 9.44. The number of ether oxygens (including phenoxy) is 2. The fourth-order valence-corrected chi connectivity index (χ4v) is 8.19. The zero-order valence-corrected chi connectivity index (χ0v) is 16.2. The van der Waals surface area contributed by atoms with Gasteiger partial charge in [0.05, 0.1) is 13.2 Å². The second-order valence-electron chi connectivity index (χ2n) is 10.4. The lowest BCUT2D eigenvalue weighted by molar-refractivity contribution is -0.257. The molecule has 1 saturated heterocycles. The van der Waals surface area contributed by atoms with Gasteiger partial charge in [-0.3, -0.25) is 4.79 Å². The van der Waals surface area contributed by atoms with Gasteiger partial charge in [0.1, 0.15) is 5.78 Å². The average Bonchev–Trinajstić information content (AvgIpc) is 3.16. The fourth-order valence-electron chi connectivity index (χ4n) is 8.19. The van der Waals surface area contributed by atoms with Gasteiger partial charge in [0.25, 0.3) is 0 Å². The highest BCUT2D eigenvalue weighted by Gasteiger charge is 2.63. The summed E-state index contributed by atoms with van der Waals surface area (Å²) >= 11 is 0. The monoisotopic (exact) mass is 346 g/mol. The number of carbonyl (C=O) groups excluding carboxylic acids is 1. The molecule has 0 aromatic rings. The van der Waals surface area contributed by atoms with Crippen molar-refractivity contribution in [1.82, 2.24) is 0 Å². The Hall–Kier alpha value is -0.410. The summed E-state index contributed by atoms with van der Waals surface area (Å²) in [6, 6.07) is 0. The Morgan fingerprint density at radius 1 is 0.960 bits per heavy atom. The predicted octanol–water partition coefficient (Wildman–Crippen LogP) is 4.59. The van der Waals surface area contributed by atoms with E-state index in [9.17, 15) is 4.79 Å². The second-order valence-corrected chi connectivity index (χ2v) is 10.4. The van der Waals surface area contributed by atoms with Crippen molar-refractivity contribution in [2.75, 3.05) is 13.2 Å². The van der Waals surface area contributed by atoms with E-state index in [-0.39, 0.29) is 11.2 Å². The molecule has 5 fully saturated rings. The molecule has 0 bridgehead atoms. The van der Waals surface area contributed by atoms with Crippen LogP contribution in [-0.2, 0) is 14.3 Å². The van der Waals surface area contributed by atoms with E-state index in [1.54, 1.807) is 0 Å². The van der Waals surface area contributed by atoms with Crippen LogP contribution in [0.5, 0.6) is 0 Å². The molecule has 4 saturated carbocycles. The van der Waals surface area contributed by atoms with Crippen molar-refractivity contribution in [2.24, 2.45) is 40.4 Å². The van der Waals surface area contributed by atoms with Crippen molar-refractivity contribution in [3.63, 3.8) is 0 Å². The summed E-state index contributed by atoms with van der Waals surface area (Å²) in [5, 5.41) is 0. The SMILES string of the molecule is CC1C[C@@]2(C)[C@@H](CC[C@@H]3[C@@H]2CC[C@]2(C)C(=O)CC[C@@H]32)CC12OCCO2. The molecule has 1 spiro atoms. The van der Waals surface area contributed by atoms with Crippen LogP contribution >= 0.6 is 0 Å². The molecule has 0 aromatic heterocycles. The van der Waals surface area contributed by atoms with Gasteiger partial charge in [0, 0.05) is 24.2 Å². The van der Waals surface area contributed by atoms with E-state index in [1.807, 2.05) is 0 Å². The molecule has 5 aliphatic rings. The highest BCUT2D eigenvalue weighted by Crippen LogP contribution is 2.67. The summed E-state index contributed by atoms with van der Waals surface area (Å²) in [5.41, 5.74) is 0.416. The minimum Gasteiger partial charge on any atom is -0.347 e. The standard InChI is InChI=1S/C22H34O3/c1-14-12-21(3)15(13-22(14)24-10-11-25-22)4-5-16-17-6-7-19(23)20(17,2)9-8-18(16)21/h14-18H,4-13H2,1-3H3/t14?,15-,16-,17-,18-,20-,21-/m0/s1. The van der Waals surface area contributed by atoms with Gasteiger partial charge in [-0.05, 0) is 67.6 Å². The number of Topliss-reactive ketones (excluding diaryl/α,β-unsaturated/α-hetero) is 1. The lowest BCUT2D eigenvalue weighted by Gasteiger charge is -2.62. The maximum atomic E-state index is 12.6. The third kappa shape index (κ3) is 2.09. The van der Waals surface area contributed by atoms with Crippen LogP contribution in [0.15, 0.2) is 0 Å². The van der Waals surface area contributed by atoms with E-state index < -0.39 is 0 Å². The van der Waals surface area contributed by atoms with Crippen LogP contribution < -0.4 is 0 Å². The number of fused-ring (bicyclic) bond motifs is 5. The number of hydrogen-bond donors (Lipinski definition) is 0. The zero-order chi connectivity index (χ0) is 17.4. The Morgan fingerprint density at radius 2 is 1.72 bits per heavy atom. The smallest absolute Gasteiger partial charge is 0.171 e. The molecule has 0 N–H and O–H groups in total. The van der Waals surface area contributed by atoms with Crippen LogP contribution in [0.3, 0.4) is 0 Å². The molecule has 7 atom stereocenters. The molecular weight excluding hydrogens is 312 g/mol. The van der Waals surface area contributed by atoms with Crippen molar-refractivity contribution in [1.29, 1.82) is 0 Å². The quantitative estimate of drug-likeness (QED) is 0.644. The fraction of sp³-hybridized carbons (Fsp3) is 0.955. The van der Waals surface area contributed by atoms with E-state index in [0.29, 0.717) is 23.0 Å². The third-order valence-electron chi connectivity index (χ3n) is 9.58. The van der Waals surface area contributed by atoms with Crippen LogP contribution in [0.25, 0.3) is 0 Å². The second kappa shape index (κ2) is 5.32. The van der Waals surface area contributed by atoms with E-state index in [1.165, 1.54) is 25.7 Å². The summed E-state index contributed by atoms with van der Waals surface area (Å²) in [4.78, 5) is 12.6. The van der Waals surface area contributed by atoms with E-state index >= 15 is 0 Å². The Bertz CT molecular complexity index is 580. The molecule has 3 nitrogen and oxygen atoms in total. The molecular formula is C22H34O3. The van der Waals surface area contributed by atoms with Gasteiger partial charge in [0.15, 0.2) is 5.79 Å². The van der Waals surface area contributed by atoms with Gasteiger partial charge in [-0.15, -0.1) is 0 Å². The first-order valence-corrected chi connectivity index (χ1v) is 10.7. The maximum Gasteiger partial charge on any atom is 0.171 e. The summed E-state index contributed by atoms with van der Waals surface area (Å²) in [6.07, 6.45) is 9.34. The average molecular weight is 347 g/mol. The van der Waals surface area contributed by atoms with Gasteiger partial charge in [-0.2, -0.15) is 0 Å². The first-order chi connectivity index (χ1) is 11.9. The van der Waals surface area contributed by atoms with Crippen LogP contribution in [-0.4, -0.2) is 24.8 Å². The number of rotatable bonds is 0. The van der Waals surface area contributed by atoms with Crippen molar-refractivity contribution >= 4 is 5.78 Å². The van der Waals surface area contributed by atoms with Gasteiger partial charge in [-0.25, -0.2) is 0 Å². The van der Waals surface area contributed by atoms with Crippen molar-refractivity contribution in [2.45, 2.75) is 77.9 Å². The van der Waals surface area contributed by atoms with Gasteiger partial charge in [0.2, 0.25) is 0 Å². The van der Waals surface area contributed by atoms with Gasteiger partial charge < -0.3 is 9.47 Å². The van der Waals surface area contributed by atoms with Crippen molar-refractivity contribution in [3.05, 3.63) is 0 Å². The largest absolute Gasteiger partial charge is 0.347 e. The van der Waals surface area contributed by atoms with E-state index in [2.05, 4.69) is 20.8 Å². The number of hydrogen-bond acceptors (Lipinski definition) is 3. The third-order valence-corrected chi connectivity index (χ3v) is 9.58. The summed E-state index contributed by atoms with van der Waals surface area (Å²) in [5.74, 6) is 3.71. The highest BCUT2D eigenvalue weighted by atomic mass is 16.7. The molecule has 0 aromatic carbocycles. The molecule has 1 heterocycles. The molecule has 0 amide bonds. The normalized spacial score (nSPS) is 54.2. The molecule has 5 rings (SSSR count). The Labute approximate surface area is 152 Å². The summed E-state index contributed by atoms with van der Waals surface area (Å²) in [6.45, 7) is 8.75. The Kier molecular flexibility index (Phi) is 3.56. The molecule has 0 radical (unpaired) electrons. The first-order valence-electron chi connectivity index (χ1n) is 10.7. The maximum absolute atomic E-state index is 12.6. The molecule has 140 valence electrons. The van der Waals surface area contributed by atoms with E-state index in [0.717, 1.165) is 56.7 Å². The van der Waals surface area contributed by atoms with Crippen molar-refractivity contribution < 1.29 is 14.3 Å². The Morgan fingerprint density at radius 3 is 2.48 bits per heavy atom. The molecule has 1 unspecified atom stereocenters. The van der Waals surface area contributed by atoms with Gasteiger partial charge in [-0.1, -0.05) is 20.8 Å². The minimum absolute atomic E-state index is 0.00352. The first kappa shape index (κ1) is 16.7. The number of ketones is 1. The molecule has 25 heavy (non-hydrogen) atoms. The summed E-state index contributed by atoms with van der Waals surface area (Å²) < 4.78 is 12.3. The highest BCUT2D eigenvalue weighted by molar-refractivity contribution is 5.87. The molecule has 4 aliphatic carbocycles. The lowest BCUT2D eigenvalue weighted by Crippen LogP contribution is -2.58. The van der Waals surface area contributed by atoms with Gasteiger partial charge >= 0.3 is 0 Å². The van der Waals surface area contributed by atoms with Crippen LogP contribution in [0.2, 0.25) is 0 Å². The van der Waals surface area contributed by atoms with E-state index in [4.69, 9.17) is 9.47 Å². The Balaban J connectivity index is 1.44. The molecule has 3 heteroatoms. The van der Waals surface area contributed by atoms with Crippen LogP contribution in [0.4, 0.5) is 0 Å². The minimum atomic E-state index is -0.288. The van der Waals surface area contributed by atoms with Crippen LogP contribution in [0, 0.1) is 40.4 Å². The van der Waals surface area contributed by atoms with Crippen molar-refractivity contribution in [3.8, 4) is 0 Å². The summed E-state index contributed by atoms with van der Waals surface area (Å²) in [7, 11) is 0. The zero-order valence-electron chi connectivity index (χ0n) is 16.2. The topological polar surface area (TPSA) is 35.5 Å². The predicted molar refractivity (Wildman–Crippen MR) is 95.9 cm³/mol. The molecule has 1 aliphatic heterocycles.